The number of anilines is 4. The van der Waals surface area contributed by atoms with Gasteiger partial charge in [-0.1, -0.05) is 0 Å². The smallest absolute Gasteiger partial charge is 0.408 e. The Kier molecular flexibility index (Phi) is 6.27. The summed E-state index contributed by atoms with van der Waals surface area (Å²) in [5.41, 5.74) is 8.65. The molecule has 9 nitrogen and oxygen atoms in total. The number of aryl methyl sites for hydroxylation is 3. The lowest BCUT2D eigenvalue weighted by Gasteiger charge is -2.27. The van der Waals surface area contributed by atoms with Gasteiger partial charge in [-0.15, -0.1) is 0 Å². The highest BCUT2D eigenvalue weighted by Crippen LogP contribution is 2.28. The van der Waals surface area contributed by atoms with Crippen molar-refractivity contribution < 1.29 is 4.42 Å². The van der Waals surface area contributed by atoms with E-state index in [2.05, 4.69) is 63.7 Å². The third-order valence-electron chi connectivity index (χ3n) is 6.62. The molecule has 0 amide bonds. The Morgan fingerprint density at radius 2 is 1.69 bits per heavy atom. The SMILES string of the molecule is Cc1cnc(Nc2cc(C)c(C)c(C)c2)nc1Nc1cc(CN2CCNCC2)c2oc(=O)[nH]c2c1. The molecule has 5 rings (SSSR count). The molecule has 9 heteroatoms. The van der Waals surface area contributed by atoms with Crippen molar-refractivity contribution in [1.29, 1.82) is 0 Å². The average Bonchev–Trinajstić information content (AvgIpc) is 3.21. The highest BCUT2D eigenvalue weighted by molar-refractivity contribution is 5.82. The molecule has 0 radical (unpaired) electrons. The summed E-state index contributed by atoms with van der Waals surface area (Å²) in [7, 11) is 0. The Morgan fingerprint density at radius 1 is 0.971 bits per heavy atom. The van der Waals surface area contributed by atoms with Crippen LogP contribution in [-0.2, 0) is 6.54 Å². The number of aromatic amines is 1. The molecular formula is C26H31N7O2. The lowest BCUT2D eigenvalue weighted by molar-refractivity contribution is 0.233. The van der Waals surface area contributed by atoms with Gasteiger partial charge in [0.25, 0.3) is 0 Å². The second kappa shape index (κ2) is 9.52. The van der Waals surface area contributed by atoms with E-state index in [0.29, 0.717) is 29.4 Å². The van der Waals surface area contributed by atoms with E-state index in [0.717, 1.165) is 48.7 Å². The molecule has 0 atom stereocenters. The van der Waals surface area contributed by atoms with Gasteiger partial charge >= 0.3 is 5.76 Å². The fourth-order valence-electron chi connectivity index (χ4n) is 4.43. The van der Waals surface area contributed by atoms with Crippen molar-refractivity contribution in [3.05, 3.63) is 68.8 Å². The number of piperazine rings is 1. The zero-order chi connectivity index (χ0) is 24.5. The monoisotopic (exact) mass is 473 g/mol. The molecule has 4 N–H and O–H groups in total. The number of nitrogens with zero attached hydrogens (tertiary/aromatic N) is 3. The van der Waals surface area contributed by atoms with Gasteiger partial charge in [0.15, 0.2) is 5.58 Å². The Hall–Kier alpha value is -3.69. The van der Waals surface area contributed by atoms with Crippen LogP contribution in [0.5, 0.6) is 0 Å². The van der Waals surface area contributed by atoms with Gasteiger partial charge in [-0.2, -0.15) is 4.98 Å². The van der Waals surface area contributed by atoms with Gasteiger partial charge < -0.3 is 20.4 Å². The fourth-order valence-corrected chi connectivity index (χ4v) is 4.43. The summed E-state index contributed by atoms with van der Waals surface area (Å²) in [5.74, 6) is 0.757. The third-order valence-corrected chi connectivity index (χ3v) is 6.62. The van der Waals surface area contributed by atoms with Crippen molar-refractivity contribution in [1.82, 2.24) is 25.2 Å². The normalized spacial score (nSPS) is 14.4. The van der Waals surface area contributed by atoms with Crippen molar-refractivity contribution >= 4 is 34.2 Å². The third kappa shape index (κ3) is 5.06. The van der Waals surface area contributed by atoms with E-state index < -0.39 is 5.76 Å². The summed E-state index contributed by atoms with van der Waals surface area (Å²) in [6.45, 7) is 12.8. The number of rotatable bonds is 6. The number of hydrogen-bond acceptors (Lipinski definition) is 8. The van der Waals surface area contributed by atoms with Crippen LogP contribution < -0.4 is 21.7 Å². The Bertz CT molecular complexity index is 1410. The Morgan fingerprint density at radius 3 is 2.43 bits per heavy atom. The van der Waals surface area contributed by atoms with Crippen molar-refractivity contribution in [2.75, 3.05) is 36.8 Å². The quantitative estimate of drug-likeness (QED) is 0.332. The summed E-state index contributed by atoms with van der Waals surface area (Å²) in [5, 5.41) is 10.1. The largest absolute Gasteiger partial charge is 0.417 e. The molecule has 0 unspecified atom stereocenters. The summed E-state index contributed by atoms with van der Waals surface area (Å²) in [6, 6.07) is 8.11. The summed E-state index contributed by atoms with van der Waals surface area (Å²) >= 11 is 0. The van der Waals surface area contributed by atoms with E-state index >= 15 is 0 Å². The van der Waals surface area contributed by atoms with Gasteiger partial charge in [-0.3, -0.25) is 9.88 Å². The minimum Gasteiger partial charge on any atom is -0.408 e. The van der Waals surface area contributed by atoms with Gasteiger partial charge in [0.05, 0.1) is 5.52 Å². The number of fused-ring (bicyclic) bond motifs is 1. The predicted octanol–water partition coefficient (Wildman–Crippen LogP) is 4.04. The lowest BCUT2D eigenvalue weighted by atomic mass is 10.0. The van der Waals surface area contributed by atoms with E-state index in [1.54, 1.807) is 6.20 Å². The first kappa shape index (κ1) is 23.1. The average molecular weight is 474 g/mol. The minimum atomic E-state index is -0.452. The van der Waals surface area contributed by atoms with Crippen molar-refractivity contribution in [3.8, 4) is 0 Å². The number of H-pyrrole nitrogens is 1. The van der Waals surface area contributed by atoms with Gasteiger partial charge in [0.1, 0.15) is 5.82 Å². The number of aromatic nitrogens is 3. The first-order valence-corrected chi connectivity index (χ1v) is 11.9. The van der Waals surface area contributed by atoms with Crippen LogP contribution in [0, 0.1) is 27.7 Å². The number of benzene rings is 2. The molecule has 0 spiro atoms. The predicted molar refractivity (Wildman–Crippen MR) is 139 cm³/mol. The second-order valence-electron chi connectivity index (χ2n) is 9.26. The lowest BCUT2D eigenvalue weighted by Crippen LogP contribution is -2.42. The molecular weight excluding hydrogens is 442 g/mol. The van der Waals surface area contributed by atoms with Crippen LogP contribution in [0.2, 0.25) is 0 Å². The van der Waals surface area contributed by atoms with Crippen LogP contribution >= 0.6 is 0 Å². The molecule has 2 aromatic heterocycles. The first-order valence-electron chi connectivity index (χ1n) is 11.9. The van der Waals surface area contributed by atoms with Crippen LogP contribution in [0.15, 0.2) is 39.7 Å². The number of oxazole rings is 1. The topological polar surface area (TPSA) is 111 Å². The first-order chi connectivity index (χ1) is 16.9. The van der Waals surface area contributed by atoms with E-state index in [4.69, 9.17) is 9.40 Å². The zero-order valence-electron chi connectivity index (χ0n) is 20.6. The van der Waals surface area contributed by atoms with Crippen LogP contribution in [0.3, 0.4) is 0 Å². The van der Waals surface area contributed by atoms with Crippen molar-refractivity contribution in [3.63, 3.8) is 0 Å². The molecule has 4 aromatic rings. The van der Waals surface area contributed by atoms with Gasteiger partial charge in [0.2, 0.25) is 5.95 Å². The molecule has 2 aromatic carbocycles. The Labute approximate surface area is 204 Å². The van der Waals surface area contributed by atoms with Gasteiger partial charge in [-0.25, -0.2) is 9.78 Å². The molecule has 0 bridgehead atoms. The maximum atomic E-state index is 11.9. The van der Waals surface area contributed by atoms with Crippen LogP contribution in [0.1, 0.15) is 27.8 Å². The number of nitrogens with one attached hydrogen (secondary N) is 4. The van der Waals surface area contributed by atoms with E-state index in [1.807, 2.05) is 19.1 Å². The summed E-state index contributed by atoms with van der Waals surface area (Å²) in [6.07, 6.45) is 1.80. The highest BCUT2D eigenvalue weighted by atomic mass is 16.4. The van der Waals surface area contributed by atoms with Gasteiger partial charge in [0, 0.05) is 61.4 Å². The molecule has 1 saturated heterocycles. The molecule has 1 fully saturated rings. The van der Waals surface area contributed by atoms with E-state index in [-0.39, 0.29) is 0 Å². The fraction of sp³-hybridized carbons (Fsp3) is 0.346. The minimum absolute atomic E-state index is 0.452. The molecule has 3 heterocycles. The van der Waals surface area contributed by atoms with Crippen LogP contribution in [-0.4, -0.2) is 46.0 Å². The standard InChI is InChI=1S/C26H31N7O2/c1-15-9-20(10-16(2)18(15)4)30-25-28-13-17(3)24(32-25)29-21-11-19(14-33-7-5-27-6-8-33)23-22(12-21)31-26(34)35-23/h9-13,27H,5-8,14H2,1-4H3,(H,31,34)(H2,28,29,30,32). The maximum Gasteiger partial charge on any atom is 0.417 e. The second-order valence-corrected chi connectivity index (χ2v) is 9.26. The van der Waals surface area contributed by atoms with Crippen LogP contribution in [0.4, 0.5) is 23.1 Å². The molecule has 0 saturated carbocycles. The van der Waals surface area contributed by atoms with E-state index in [1.165, 1.54) is 16.7 Å². The molecule has 1 aliphatic rings. The summed E-state index contributed by atoms with van der Waals surface area (Å²) in [4.78, 5) is 26.3. The van der Waals surface area contributed by atoms with Crippen molar-refractivity contribution in [2.45, 2.75) is 34.2 Å². The van der Waals surface area contributed by atoms with Gasteiger partial charge in [-0.05, 0) is 68.7 Å². The van der Waals surface area contributed by atoms with Crippen LogP contribution in [0.25, 0.3) is 11.1 Å². The van der Waals surface area contributed by atoms with E-state index in [9.17, 15) is 4.79 Å². The maximum absolute atomic E-state index is 11.9. The molecule has 1 aliphatic heterocycles. The molecule has 182 valence electrons. The molecule has 0 aliphatic carbocycles. The Balaban J connectivity index is 1.43. The molecule has 35 heavy (non-hydrogen) atoms. The zero-order valence-corrected chi connectivity index (χ0v) is 20.6. The number of hydrogen-bond donors (Lipinski definition) is 4. The summed E-state index contributed by atoms with van der Waals surface area (Å²) < 4.78 is 5.47. The van der Waals surface area contributed by atoms with Crippen molar-refractivity contribution in [2.24, 2.45) is 0 Å². The highest BCUT2D eigenvalue weighted by Gasteiger charge is 2.16.